The molecule has 40 heavy (non-hydrogen) atoms. The Hall–Kier alpha value is -3.43. The number of nitrogens with zero attached hydrogens (tertiary/aromatic N) is 1. The van der Waals surface area contributed by atoms with Crippen LogP contribution in [0.2, 0.25) is 10.0 Å². The first-order valence-electron chi connectivity index (χ1n) is 12.7. The second-order valence-corrected chi connectivity index (χ2v) is 10.3. The number of rotatable bonds is 13. The van der Waals surface area contributed by atoms with E-state index in [-0.39, 0.29) is 30.2 Å². The van der Waals surface area contributed by atoms with Crippen LogP contribution < -0.4 is 14.8 Å². The lowest BCUT2D eigenvalue weighted by molar-refractivity contribution is -0.149. The minimum atomic E-state index is -3.02. The molecule has 1 amide bonds. The Morgan fingerprint density at radius 2 is 1.75 bits per heavy atom. The molecule has 0 radical (unpaired) electrons. The van der Waals surface area contributed by atoms with Crippen molar-refractivity contribution in [3.8, 4) is 11.5 Å². The predicted octanol–water partition coefficient (Wildman–Crippen LogP) is 7.20. The van der Waals surface area contributed by atoms with Gasteiger partial charge in [-0.3, -0.25) is 14.6 Å². The molecule has 3 aromatic rings. The number of esters is 1. The quantitative estimate of drug-likeness (QED) is 0.211. The van der Waals surface area contributed by atoms with Gasteiger partial charge < -0.3 is 19.5 Å². The Morgan fingerprint density at radius 1 is 1.05 bits per heavy atom. The number of nitrogens with one attached hydrogen (secondary N) is 1. The molecular weight excluding hydrogens is 565 g/mol. The second-order valence-electron chi connectivity index (χ2n) is 9.48. The highest BCUT2D eigenvalue weighted by Gasteiger charge is 2.25. The van der Waals surface area contributed by atoms with Crippen LogP contribution in [0, 0.1) is 5.92 Å². The van der Waals surface area contributed by atoms with Crippen LogP contribution in [-0.2, 0) is 27.2 Å². The van der Waals surface area contributed by atoms with E-state index in [9.17, 15) is 18.4 Å². The van der Waals surface area contributed by atoms with E-state index in [1.165, 1.54) is 25.4 Å². The zero-order valence-corrected chi connectivity index (χ0v) is 23.2. The highest BCUT2D eigenvalue weighted by molar-refractivity contribution is 6.35. The van der Waals surface area contributed by atoms with Crippen LogP contribution in [0.3, 0.4) is 0 Å². The van der Waals surface area contributed by atoms with Gasteiger partial charge >= 0.3 is 12.6 Å². The van der Waals surface area contributed by atoms with E-state index < -0.39 is 18.7 Å². The lowest BCUT2D eigenvalue weighted by Crippen LogP contribution is -2.15. The molecule has 1 heterocycles. The number of anilines is 1. The van der Waals surface area contributed by atoms with E-state index in [4.69, 9.17) is 32.7 Å². The molecule has 0 aliphatic heterocycles. The van der Waals surface area contributed by atoms with Crippen molar-refractivity contribution < 1.29 is 32.6 Å². The number of aryl methyl sites for hydroxylation is 1. The zero-order valence-electron chi connectivity index (χ0n) is 21.7. The van der Waals surface area contributed by atoms with Gasteiger partial charge in [-0.05, 0) is 66.1 Å². The smallest absolute Gasteiger partial charge is 0.387 e. The van der Waals surface area contributed by atoms with Crippen LogP contribution in [-0.4, -0.2) is 30.1 Å². The first kappa shape index (κ1) is 29.6. The number of carbonyl (C=O) groups is 2. The molecule has 1 aliphatic rings. The van der Waals surface area contributed by atoms with Crippen LogP contribution in [0.15, 0.2) is 54.9 Å². The van der Waals surface area contributed by atoms with Gasteiger partial charge in [-0.2, -0.15) is 8.78 Å². The summed E-state index contributed by atoms with van der Waals surface area (Å²) in [5.74, 6) is -0.250. The molecular formula is C29H28Cl2F2N2O5. The van der Waals surface area contributed by atoms with Gasteiger partial charge in [0.2, 0.25) is 5.91 Å². The number of amides is 1. The van der Waals surface area contributed by atoms with Crippen molar-refractivity contribution in [3.05, 3.63) is 81.6 Å². The van der Waals surface area contributed by atoms with Gasteiger partial charge in [0.1, 0.15) is 6.10 Å². The number of alkyl halides is 2. The Labute approximate surface area is 240 Å². The molecule has 1 fully saturated rings. The van der Waals surface area contributed by atoms with E-state index in [0.29, 0.717) is 45.8 Å². The van der Waals surface area contributed by atoms with Crippen molar-refractivity contribution in [1.29, 1.82) is 0 Å². The lowest BCUT2D eigenvalue weighted by atomic mass is 10.0. The molecule has 7 nitrogen and oxygen atoms in total. The third-order valence-corrected chi connectivity index (χ3v) is 6.89. The van der Waals surface area contributed by atoms with Crippen molar-refractivity contribution in [3.63, 3.8) is 0 Å². The molecule has 11 heteroatoms. The summed E-state index contributed by atoms with van der Waals surface area (Å²) >= 11 is 12.7. The van der Waals surface area contributed by atoms with Gasteiger partial charge in [0.25, 0.3) is 0 Å². The molecule has 1 N–H and O–H groups in total. The highest BCUT2D eigenvalue weighted by Crippen LogP contribution is 2.38. The fourth-order valence-corrected chi connectivity index (χ4v) is 4.51. The summed E-state index contributed by atoms with van der Waals surface area (Å²) in [5.41, 5.74) is 2.57. The van der Waals surface area contributed by atoms with Crippen molar-refractivity contribution in [1.82, 2.24) is 4.98 Å². The van der Waals surface area contributed by atoms with Gasteiger partial charge in [-0.1, -0.05) is 41.4 Å². The number of halogens is 4. The molecule has 1 aliphatic carbocycles. The number of hydrogen-bond acceptors (Lipinski definition) is 6. The van der Waals surface area contributed by atoms with Crippen LogP contribution in [0.4, 0.5) is 14.5 Å². The fourth-order valence-electron chi connectivity index (χ4n) is 3.99. The molecule has 0 spiro atoms. The molecule has 1 aromatic heterocycles. The Balaban J connectivity index is 1.53. The van der Waals surface area contributed by atoms with Gasteiger partial charge in [0.15, 0.2) is 11.5 Å². The van der Waals surface area contributed by atoms with Crippen LogP contribution in [0.5, 0.6) is 11.5 Å². The number of pyridine rings is 1. The van der Waals surface area contributed by atoms with Crippen molar-refractivity contribution >= 4 is 40.8 Å². The summed E-state index contributed by atoms with van der Waals surface area (Å²) in [6.45, 7) is -1.23. The maximum absolute atomic E-state index is 13.0. The van der Waals surface area contributed by atoms with E-state index in [1.54, 1.807) is 24.3 Å². The van der Waals surface area contributed by atoms with Gasteiger partial charge in [-0.15, -0.1) is 0 Å². The lowest BCUT2D eigenvalue weighted by Gasteiger charge is -2.21. The van der Waals surface area contributed by atoms with Gasteiger partial charge in [0.05, 0.1) is 16.7 Å². The minimum absolute atomic E-state index is 0.0748. The summed E-state index contributed by atoms with van der Waals surface area (Å²) in [5, 5.41) is 3.30. The average molecular weight is 593 g/mol. The minimum Gasteiger partial charge on any atom is -0.489 e. The summed E-state index contributed by atoms with van der Waals surface area (Å²) in [6.07, 6.45) is 4.65. The number of hydrogen-bond donors (Lipinski definition) is 1. The van der Waals surface area contributed by atoms with Crippen LogP contribution in [0.25, 0.3) is 0 Å². The molecule has 2 aromatic carbocycles. The fraction of sp³-hybridized carbons (Fsp3) is 0.345. The topological polar surface area (TPSA) is 86.8 Å². The maximum atomic E-state index is 13.0. The van der Waals surface area contributed by atoms with Crippen LogP contribution >= 0.6 is 23.2 Å². The SMILES string of the molecule is CC(=O)Nc1ccc(CCC(=O)O[C@@H](Cc2c(Cl)cncc2Cl)c2ccc(OC(F)F)c(OCC3CC3)c2)cc1. The van der Waals surface area contributed by atoms with Crippen molar-refractivity contribution in [2.45, 2.75) is 51.7 Å². The third-order valence-electron chi connectivity index (χ3n) is 6.23. The summed E-state index contributed by atoms with van der Waals surface area (Å²) < 4.78 is 42.4. The normalized spacial score (nSPS) is 13.6. The molecule has 0 unspecified atom stereocenters. The van der Waals surface area contributed by atoms with E-state index in [0.717, 1.165) is 18.4 Å². The zero-order chi connectivity index (χ0) is 28.6. The van der Waals surface area contributed by atoms with E-state index in [1.807, 2.05) is 12.1 Å². The number of carbonyl (C=O) groups excluding carboxylic acids is 2. The van der Waals surface area contributed by atoms with Crippen molar-refractivity contribution in [2.24, 2.45) is 5.92 Å². The molecule has 0 saturated heterocycles. The number of ether oxygens (including phenoxy) is 3. The molecule has 0 bridgehead atoms. The van der Waals surface area contributed by atoms with E-state index >= 15 is 0 Å². The molecule has 212 valence electrons. The van der Waals surface area contributed by atoms with Crippen molar-refractivity contribution in [2.75, 3.05) is 11.9 Å². The number of benzene rings is 2. The monoisotopic (exact) mass is 592 g/mol. The predicted molar refractivity (Wildman–Crippen MR) is 147 cm³/mol. The largest absolute Gasteiger partial charge is 0.489 e. The first-order valence-corrected chi connectivity index (χ1v) is 13.5. The third kappa shape index (κ3) is 8.79. The number of aromatic nitrogens is 1. The van der Waals surface area contributed by atoms with Gasteiger partial charge in [-0.25, -0.2) is 0 Å². The Bertz CT molecular complexity index is 1320. The Kier molecular flexibility index (Phi) is 10.2. The van der Waals surface area contributed by atoms with Crippen LogP contribution in [0.1, 0.15) is 49.0 Å². The average Bonchev–Trinajstić information content (AvgIpc) is 3.73. The summed E-state index contributed by atoms with van der Waals surface area (Å²) in [7, 11) is 0. The highest BCUT2D eigenvalue weighted by atomic mass is 35.5. The summed E-state index contributed by atoms with van der Waals surface area (Å²) in [6, 6.07) is 11.6. The van der Waals surface area contributed by atoms with E-state index in [2.05, 4.69) is 15.0 Å². The summed E-state index contributed by atoms with van der Waals surface area (Å²) in [4.78, 5) is 28.2. The van der Waals surface area contributed by atoms with Gasteiger partial charge in [0, 0.05) is 37.8 Å². The molecule has 1 atom stereocenters. The second kappa shape index (κ2) is 13.8. The molecule has 4 rings (SSSR count). The maximum Gasteiger partial charge on any atom is 0.387 e. The molecule has 1 saturated carbocycles. The standard InChI is InChI=1S/C29H28Cl2F2N2O5/c1-17(36)35-21-8-4-18(5-9-21)6-11-28(37)39-26(13-22-23(30)14-34-15-24(22)31)20-7-10-25(40-29(32)33)27(12-20)38-16-19-2-3-19/h4-5,7-10,12,14-15,19,26,29H,2-3,6,11,13,16H2,1H3,(H,35,36)/t26-/m0/s1. The first-order chi connectivity index (χ1) is 19.2. The Morgan fingerprint density at radius 3 is 2.38 bits per heavy atom.